The maximum Gasteiger partial charge on any atom is 0.265 e. The average Bonchev–Trinajstić information content (AvgIpc) is 2.86. The van der Waals surface area contributed by atoms with Gasteiger partial charge in [0, 0.05) is 11.1 Å². The Hall–Kier alpha value is -1.61. The minimum absolute atomic E-state index is 0.00209. The third-order valence-corrected chi connectivity index (χ3v) is 3.85. The number of nitrogens with one attached hydrogen (secondary N) is 2. The third-order valence-electron chi connectivity index (χ3n) is 3.85. The number of benzene rings is 1. The number of hydrogen-bond donors (Lipinski definition) is 2. The predicted molar refractivity (Wildman–Crippen MR) is 77.8 cm³/mol. The topological polar surface area (TPSA) is 41.1 Å². The zero-order valence-corrected chi connectivity index (χ0v) is 11.5. The fraction of sp³-hybridized carbons (Fsp3) is 0.438. The van der Waals surface area contributed by atoms with Gasteiger partial charge in [0.25, 0.3) is 5.91 Å². The first-order valence-corrected chi connectivity index (χ1v) is 6.90. The lowest BCUT2D eigenvalue weighted by molar-refractivity contribution is 0.0904. The lowest BCUT2D eigenvalue weighted by Gasteiger charge is -2.29. The van der Waals surface area contributed by atoms with Crippen LogP contribution in [0.15, 0.2) is 36.9 Å². The van der Waals surface area contributed by atoms with Crippen LogP contribution in [0, 0.1) is 6.92 Å². The van der Waals surface area contributed by atoms with E-state index in [-0.39, 0.29) is 11.4 Å². The van der Waals surface area contributed by atoms with Crippen molar-refractivity contribution < 1.29 is 4.79 Å². The summed E-state index contributed by atoms with van der Waals surface area (Å²) in [7, 11) is 0. The predicted octanol–water partition coefficient (Wildman–Crippen LogP) is 3.12. The molecule has 0 atom stereocenters. The third kappa shape index (κ3) is 3.44. The lowest BCUT2D eigenvalue weighted by atomic mass is 9.94. The minimum atomic E-state index is -0.0738. The molecule has 1 aromatic rings. The standard InChI is InChI=1S/C16H22N2O/c1-3-10-16(11-4-5-12-16)18-17-15(19)14-8-6-13(2)7-9-14/h3,6-9,18H,1,4-5,10-12H2,2H3,(H,17,19). The number of carbonyl (C=O) groups excluding carboxylic acids is 1. The van der Waals surface area contributed by atoms with Crippen molar-refractivity contribution in [3.05, 3.63) is 48.0 Å². The van der Waals surface area contributed by atoms with Gasteiger partial charge in [0.1, 0.15) is 0 Å². The van der Waals surface area contributed by atoms with E-state index in [2.05, 4.69) is 17.4 Å². The van der Waals surface area contributed by atoms with Crippen LogP contribution in [-0.2, 0) is 0 Å². The van der Waals surface area contributed by atoms with Crippen LogP contribution in [0.5, 0.6) is 0 Å². The van der Waals surface area contributed by atoms with Crippen molar-refractivity contribution in [1.29, 1.82) is 0 Å². The number of amides is 1. The molecule has 0 unspecified atom stereocenters. The van der Waals surface area contributed by atoms with E-state index >= 15 is 0 Å². The molecule has 0 aromatic heterocycles. The van der Waals surface area contributed by atoms with Gasteiger partial charge in [0.15, 0.2) is 0 Å². The molecule has 19 heavy (non-hydrogen) atoms. The van der Waals surface area contributed by atoms with Gasteiger partial charge in [-0.15, -0.1) is 6.58 Å². The Labute approximate surface area is 115 Å². The van der Waals surface area contributed by atoms with Gasteiger partial charge in [-0.25, -0.2) is 5.43 Å². The molecule has 1 amide bonds. The smallest absolute Gasteiger partial charge is 0.265 e. The highest BCUT2D eigenvalue weighted by Crippen LogP contribution is 2.32. The van der Waals surface area contributed by atoms with Gasteiger partial charge >= 0.3 is 0 Å². The molecule has 3 nitrogen and oxygen atoms in total. The Morgan fingerprint density at radius 1 is 1.32 bits per heavy atom. The molecule has 0 heterocycles. The zero-order chi connectivity index (χ0) is 13.7. The van der Waals surface area contributed by atoms with E-state index in [0.717, 1.165) is 24.8 Å². The van der Waals surface area contributed by atoms with E-state index in [4.69, 9.17) is 0 Å². The van der Waals surface area contributed by atoms with Crippen LogP contribution in [0.2, 0.25) is 0 Å². The van der Waals surface area contributed by atoms with E-state index in [1.165, 1.54) is 12.8 Å². The number of hydrogen-bond acceptors (Lipinski definition) is 2. The SMILES string of the molecule is C=CCC1(NNC(=O)c2ccc(C)cc2)CCCC1. The molecule has 1 aliphatic carbocycles. The minimum Gasteiger partial charge on any atom is -0.287 e. The number of carbonyl (C=O) groups is 1. The van der Waals surface area contributed by atoms with Crippen LogP contribution in [0.1, 0.15) is 48.0 Å². The average molecular weight is 258 g/mol. The fourth-order valence-electron chi connectivity index (χ4n) is 2.67. The molecular formula is C16H22N2O. The summed E-state index contributed by atoms with van der Waals surface area (Å²) >= 11 is 0. The van der Waals surface area contributed by atoms with E-state index < -0.39 is 0 Å². The van der Waals surface area contributed by atoms with Crippen molar-refractivity contribution in [2.45, 2.75) is 44.6 Å². The molecule has 2 rings (SSSR count). The summed E-state index contributed by atoms with van der Waals surface area (Å²) in [5.74, 6) is -0.0738. The van der Waals surface area contributed by atoms with Crippen molar-refractivity contribution in [3.63, 3.8) is 0 Å². The highest BCUT2D eigenvalue weighted by Gasteiger charge is 2.32. The molecule has 0 bridgehead atoms. The fourth-order valence-corrected chi connectivity index (χ4v) is 2.67. The molecule has 0 spiro atoms. The maximum absolute atomic E-state index is 12.1. The van der Waals surface area contributed by atoms with Crippen LogP contribution in [0.3, 0.4) is 0 Å². The monoisotopic (exact) mass is 258 g/mol. The molecule has 1 aromatic carbocycles. The second-order valence-corrected chi connectivity index (χ2v) is 5.43. The zero-order valence-electron chi connectivity index (χ0n) is 11.5. The molecule has 1 saturated carbocycles. The first-order chi connectivity index (χ1) is 9.15. The Morgan fingerprint density at radius 2 is 1.95 bits per heavy atom. The molecule has 0 saturated heterocycles. The molecule has 1 fully saturated rings. The summed E-state index contributed by atoms with van der Waals surface area (Å²) in [4.78, 5) is 12.1. The summed E-state index contributed by atoms with van der Waals surface area (Å²) in [5.41, 5.74) is 7.93. The first kappa shape index (κ1) is 13.8. The summed E-state index contributed by atoms with van der Waals surface area (Å²) < 4.78 is 0. The number of aryl methyl sites for hydroxylation is 1. The van der Waals surface area contributed by atoms with Crippen molar-refractivity contribution in [3.8, 4) is 0 Å². The Balaban J connectivity index is 1.95. The normalized spacial score (nSPS) is 17.1. The summed E-state index contributed by atoms with van der Waals surface area (Å²) in [6, 6.07) is 7.59. The summed E-state index contributed by atoms with van der Waals surface area (Å²) in [6.07, 6.45) is 7.42. The second kappa shape index (κ2) is 6.02. The van der Waals surface area contributed by atoms with Crippen LogP contribution >= 0.6 is 0 Å². The quantitative estimate of drug-likeness (QED) is 0.629. The van der Waals surface area contributed by atoms with Crippen LogP contribution in [0.4, 0.5) is 0 Å². The van der Waals surface area contributed by atoms with Gasteiger partial charge in [-0.1, -0.05) is 36.6 Å². The Kier molecular flexibility index (Phi) is 4.38. The van der Waals surface area contributed by atoms with E-state index in [9.17, 15) is 4.79 Å². The van der Waals surface area contributed by atoms with Gasteiger partial charge < -0.3 is 0 Å². The molecule has 3 heteroatoms. The van der Waals surface area contributed by atoms with Crippen molar-refractivity contribution in [2.75, 3.05) is 0 Å². The van der Waals surface area contributed by atoms with Gasteiger partial charge in [-0.2, -0.15) is 0 Å². The van der Waals surface area contributed by atoms with E-state index in [1.54, 1.807) is 0 Å². The van der Waals surface area contributed by atoms with Gasteiger partial charge in [0.05, 0.1) is 0 Å². The van der Waals surface area contributed by atoms with Crippen LogP contribution in [0.25, 0.3) is 0 Å². The van der Waals surface area contributed by atoms with Gasteiger partial charge in [-0.05, 0) is 38.3 Å². The molecule has 2 N–H and O–H groups in total. The first-order valence-electron chi connectivity index (χ1n) is 6.90. The number of hydrazine groups is 1. The largest absolute Gasteiger partial charge is 0.287 e. The lowest BCUT2D eigenvalue weighted by Crippen LogP contribution is -2.52. The maximum atomic E-state index is 12.1. The summed E-state index contributed by atoms with van der Waals surface area (Å²) in [5, 5.41) is 0. The van der Waals surface area contributed by atoms with E-state index in [0.29, 0.717) is 5.56 Å². The van der Waals surface area contributed by atoms with Gasteiger partial charge in [0.2, 0.25) is 0 Å². The molecule has 0 radical (unpaired) electrons. The van der Waals surface area contributed by atoms with Crippen molar-refractivity contribution >= 4 is 5.91 Å². The van der Waals surface area contributed by atoms with Gasteiger partial charge in [-0.3, -0.25) is 10.2 Å². The van der Waals surface area contributed by atoms with E-state index in [1.807, 2.05) is 37.3 Å². The highest BCUT2D eigenvalue weighted by molar-refractivity contribution is 5.93. The molecule has 1 aliphatic rings. The van der Waals surface area contributed by atoms with Crippen molar-refractivity contribution in [1.82, 2.24) is 10.9 Å². The molecule has 0 aliphatic heterocycles. The van der Waals surface area contributed by atoms with Crippen LogP contribution in [-0.4, -0.2) is 11.4 Å². The summed E-state index contributed by atoms with van der Waals surface area (Å²) in [6.45, 7) is 5.82. The molecule has 102 valence electrons. The second-order valence-electron chi connectivity index (χ2n) is 5.43. The highest BCUT2D eigenvalue weighted by atomic mass is 16.2. The van der Waals surface area contributed by atoms with Crippen LogP contribution < -0.4 is 10.9 Å². The Bertz CT molecular complexity index is 444. The number of rotatable bonds is 5. The van der Waals surface area contributed by atoms with Crippen molar-refractivity contribution in [2.24, 2.45) is 0 Å². The molecular weight excluding hydrogens is 236 g/mol. The Morgan fingerprint density at radius 3 is 2.53 bits per heavy atom.